The minimum absolute atomic E-state index is 0.935. The molecule has 1 nitrogen and oxygen atoms in total. The summed E-state index contributed by atoms with van der Waals surface area (Å²) in [7, 11) is 2.21. The number of rotatable bonds is 4. The first kappa shape index (κ1) is 9.53. The van der Waals surface area contributed by atoms with E-state index in [4.69, 9.17) is 0 Å². The van der Waals surface area contributed by atoms with Crippen LogP contribution in [0.15, 0.2) is 24.8 Å². The van der Waals surface area contributed by atoms with Gasteiger partial charge >= 0.3 is 0 Å². The Labute approximate surface area is 75.8 Å². The van der Waals surface area contributed by atoms with Crippen molar-refractivity contribution in [1.82, 2.24) is 4.90 Å². The molecule has 1 heterocycles. The lowest BCUT2D eigenvalue weighted by atomic mass is 10.0. The highest BCUT2D eigenvalue weighted by atomic mass is 15.1. The van der Waals surface area contributed by atoms with Gasteiger partial charge in [-0.15, -0.1) is 0 Å². The summed E-state index contributed by atoms with van der Waals surface area (Å²) >= 11 is 0. The molecule has 0 saturated carbocycles. The number of likely N-dealkylation sites (tertiary alicyclic amines) is 1. The second kappa shape index (κ2) is 5.15. The van der Waals surface area contributed by atoms with Crippen LogP contribution in [0.1, 0.15) is 19.3 Å². The summed E-state index contributed by atoms with van der Waals surface area (Å²) in [5.74, 6) is 0.935. The average molecular weight is 165 g/mol. The monoisotopic (exact) mass is 165 g/mol. The van der Waals surface area contributed by atoms with Crippen molar-refractivity contribution in [3.8, 4) is 0 Å². The van der Waals surface area contributed by atoms with Gasteiger partial charge in [-0.2, -0.15) is 0 Å². The third-order valence-electron chi connectivity index (χ3n) is 2.50. The number of nitrogens with zero attached hydrogens (tertiary/aromatic N) is 1. The summed E-state index contributed by atoms with van der Waals surface area (Å²) in [6.07, 6.45) is 10.0. The Morgan fingerprint density at radius 3 is 3.00 bits per heavy atom. The van der Waals surface area contributed by atoms with E-state index >= 15 is 0 Å². The summed E-state index contributed by atoms with van der Waals surface area (Å²) < 4.78 is 0. The normalized spacial score (nSPS) is 25.2. The molecule has 1 aliphatic heterocycles. The molecule has 0 aromatic carbocycles. The number of hydrogen-bond donors (Lipinski definition) is 0. The molecule has 0 aromatic rings. The Kier molecular flexibility index (Phi) is 4.09. The molecule has 0 amide bonds. The van der Waals surface area contributed by atoms with Crippen LogP contribution in [0.3, 0.4) is 0 Å². The molecule has 1 saturated heterocycles. The second-order valence-electron chi connectivity index (χ2n) is 3.66. The van der Waals surface area contributed by atoms with Crippen molar-refractivity contribution < 1.29 is 0 Å². The van der Waals surface area contributed by atoms with E-state index in [-0.39, 0.29) is 0 Å². The minimum atomic E-state index is 0.935. The maximum absolute atomic E-state index is 3.65. The lowest BCUT2D eigenvalue weighted by molar-refractivity contribution is 0.389. The van der Waals surface area contributed by atoms with E-state index in [1.54, 1.807) is 0 Å². The Balaban J connectivity index is 2.07. The number of allylic oxidation sites excluding steroid dienone is 3. The lowest BCUT2D eigenvalue weighted by Gasteiger charge is -2.07. The topological polar surface area (TPSA) is 3.24 Å². The van der Waals surface area contributed by atoms with Crippen molar-refractivity contribution in [2.75, 3.05) is 20.1 Å². The van der Waals surface area contributed by atoms with Crippen LogP contribution in [0, 0.1) is 5.92 Å². The first-order chi connectivity index (χ1) is 5.83. The zero-order valence-electron chi connectivity index (χ0n) is 8.00. The van der Waals surface area contributed by atoms with Crippen LogP contribution >= 0.6 is 0 Å². The fraction of sp³-hybridized carbons (Fsp3) is 0.636. The van der Waals surface area contributed by atoms with Gasteiger partial charge in [0.05, 0.1) is 0 Å². The zero-order valence-corrected chi connectivity index (χ0v) is 8.00. The lowest BCUT2D eigenvalue weighted by Crippen LogP contribution is -2.13. The van der Waals surface area contributed by atoms with Crippen LogP contribution < -0.4 is 0 Å². The van der Waals surface area contributed by atoms with Crippen molar-refractivity contribution in [2.45, 2.75) is 19.3 Å². The summed E-state index contributed by atoms with van der Waals surface area (Å²) in [4.78, 5) is 2.42. The van der Waals surface area contributed by atoms with Gasteiger partial charge in [0.2, 0.25) is 0 Å². The van der Waals surface area contributed by atoms with Crippen molar-refractivity contribution in [3.05, 3.63) is 24.8 Å². The molecule has 0 radical (unpaired) electrons. The van der Waals surface area contributed by atoms with Crippen LogP contribution in [0.4, 0.5) is 0 Å². The van der Waals surface area contributed by atoms with Gasteiger partial charge in [-0.1, -0.05) is 24.8 Å². The van der Waals surface area contributed by atoms with Crippen LogP contribution in [-0.4, -0.2) is 25.0 Å². The second-order valence-corrected chi connectivity index (χ2v) is 3.66. The van der Waals surface area contributed by atoms with Crippen LogP contribution in [-0.2, 0) is 0 Å². The van der Waals surface area contributed by atoms with E-state index in [1.807, 2.05) is 12.2 Å². The molecule has 12 heavy (non-hydrogen) atoms. The Bertz CT molecular complexity index is 160. The molecule has 68 valence electrons. The van der Waals surface area contributed by atoms with E-state index in [9.17, 15) is 0 Å². The molecular weight excluding hydrogens is 146 g/mol. The fourth-order valence-corrected chi connectivity index (χ4v) is 1.79. The molecule has 1 fully saturated rings. The third-order valence-corrected chi connectivity index (χ3v) is 2.50. The summed E-state index contributed by atoms with van der Waals surface area (Å²) in [5, 5.41) is 0. The molecule has 0 aliphatic carbocycles. The predicted molar refractivity (Wildman–Crippen MR) is 54.2 cm³/mol. The highest BCUT2D eigenvalue weighted by Crippen LogP contribution is 2.19. The maximum atomic E-state index is 3.65. The standard InChI is InChI=1S/C11H19N/c1-3-4-5-6-7-11-8-9-12(2)10-11/h3-5,11H,1,6-10H2,2H3/b5-4-. The predicted octanol–water partition coefficient (Wildman–Crippen LogP) is 2.46. The van der Waals surface area contributed by atoms with Gasteiger partial charge < -0.3 is 4.90 Å². The SMILES string of the molecule is C=C/C=C\CCC1CCN(C)C1. The molecule has 0 N–H and O–H groups in total. The Morgan fingerprint density at radius 1 is 1.58 bits per heavy atom. The van der Waals surface area contributed by atoms with Crippen LogP contribution in [0.5, 0.6) is 0 Å². The first-order valence-corrected chi connectivity index (χ1v) is 4.79. The highest BCUT2D eigenvalue weighted by molar-refractivity contribution is 4.97. The van der Waals surface area contributed by atoms with Gasteiger partial charge in [-0.25, -0.2) is 0 Å². The van der Waals surface area contributed by atoms with Gasteiger partial charge in [0.15, 0.2) is 0 Å². The van der Waals surface area contributed by atoms with Gasteiger partial charge in [-0.05, 0) is 38.8 Å². The van der Waals surface area contributed by atoms with Crippen molar-refractivity contribution in [1.29, 1.82) is 0 Å². The molecule has 1 aliphatic rings. The van der Waals surface area contributed by atoms with E-state index in [0.717, 1.165) is 5.92 Å². The summed E-state index contributed by atoms with van der Waals surface area (Å²) in [5.41, 5.74) is 0. The van der Waals surface area contributed by atoms with E-state index in [1.165, 1.54) is 32.4 Å². The maximum Gasteiger partial charge on any atom is 0.000719 e. The number of hydrogen-bond acceptors (Lipinski definition) is 1. The van der Waals surface area contributed by atoms with Gasteiger partial charge in [0.25, 0.3) is 0 Å². The summed E-state index contributed by atoms with van der Waals surface area (Å²) in [6, 6.07) is 0. The van der Waals surface area contributed by atoms with Crippen LogP contribution in [0.2, 0.25) is 0 Å². The Morgan fingerprint density at radius 2 is 2.42 bits per heavy atom. The van der Waals surface area contributed by atoms with Crippen molar-refractivity contribution >= 4 is 0 Å². The quantitative estimate of drug-likeness (QED) is 0.578. The zero-order chi connectivity index (χ0) is 8.81. The highest BCUT2D eigenvalue weighted by Gasteiger charge is 2.17. The van der Waals surface area contributed by atoms with Crippen LogP contribution in [0.25, 0.3) is 0 Å². The van der Waals surface area contributed by atoms with E-state index < -0.39 is 0 Å². The molecule has 1 unspecified atom stereocenters. The molecule has 1 atom stereocenters. The molecule has 0 bridgehead atoms. The Hall–Kier alpha value is -0.560. The smallest absolute Gasteiger partial charge is 0.000719 e. The molecule has 1 heteroatoms. The van der Waals surface area contributed by atoms with Gasteiger partial charge in [-0.3, -0.25) is 0 Å². The largest absolute Gasteiger partial charge is 0.306 e. The van der Waals surface area contributed by atoms with Crippen molar-refractivity contribution in [3.63, 3.8) is 0 Å². The molecule has 1 rings (SSSR count). The minimum Gasteiger partial charge on any atom is -0.306 e. The third kappa shape index (κ3) is 3.22. The fourth-order valence-electron chi connectivity index (χ4n) is 1.79. The summed E-state index contributed by atoms with van der Waals surface area (Å²) in [6.45, 7) is 6.23. The molecule has 0 aromatic heterocycles. The molecular formula is C11H19N. The van der Waals surface area contributed by atoms with Crippen molar-refractivity contribution in [2.24, 2.45) is 5.92 Å². The van der Waals surface area contributed by atoms with Gasteiger partial charge in [0.1, 0.15) is 0 Å². The van der Waals surface area contributed by atoms with Gasteiger partial charge in [0, 0.05) is 6.54 Å². The average Bonchev–Trinajstić information content (AvgIpc) is 2.45. The van der Waals surface area contributed by atoms with E-state index in [0.29, 0.717) is 0 Å². The first-order valence-electron chi connectivity index (χ1n) is 4.79. The van der Waals surface area contributed by atoms with E-state index in [2.05, 4.69) is 24.6 Å². The molecule has 0 spiro atoms.